The molecule has 2 atom stereocenters. The van der Waals surface area contributed by atoms with Crippen LogP contribution in [0.2, 0.25) is 0 Å². The predicted octanol–water partition coefficient (Wildman–Crippen LogP) is 5.13. The third-order valence-corrected chi connectivity index (χ3v) is 7.36. The van der Waals surface area contributed by atoms with Crippen LogP contribution in [0.5, 0.6) is 11.5 Å². The van der Waals surface area contributed by atoms with Gasteiger partial charge in [-0.15, -0.1) is 0 Å². The van der Waals surface area contributed by atoms with E-state index in [2.05, 4.69) is 23.2 Å². The lowest BCUT2D eigenvalue weighted by molar-refractivity contribution is 0.0404. The van der Waals surface area contributed by atoms with E-state index in [9.17, 15) is 9.59 Å². The fraction of sp³-hybridized carbons (Fsp3) is 0.250. The lowest BCUT2D eigenvalue weighted by atomic mass is 9.95. The number of carbonyl (C=O) groups is 1. The molecule has 0 N–H and O–H groups in total. The van der Waals surface area contributed by atoms with Gasteiger partial charge in [0, 0.05) is 30.3 Å². The SMILES string of the molecule is CC(C)N1C(=O)c2c(OCc3ccccc3)c(=O)ccn2N2[C@H](c3ccccc3)c3ccccc3OCC[C@@H]12. The first-order chi connectivity index (χ1) is 19.0. The summed E-state index contributed by atoms with van der Waals surface area (Å²) in [5.74, 6) is 0.641. The number of para-hydroxylation sites is 1. The zero-order valence-corrected chi connectivity index (χ0v) is 22.1. The summed E-state index contributed by atoms with van der Waals surface area (Å²) >= 11 is 0. The molecule has 198 valence electrons. The monoisotopic (exact) mass is 521 g/mol. The lowest BCUT2D eigenvalue weighted by Crippen LogP contribution is -2.64. The fourth-order valence-electron chi connectivity index (χ4n) is 5.66. The summed E-state index contributed by atoms with van der Waals surface area (Å²) in [5.41, 5.74) is 2.88. The average Bonchev–Trinajstić information content (AvgIpc) is 2.94. The van der Waals surface area contributed by atoms with Crippen molar-refractivity contribution in [3.05, 3.63) is 130 Å². The second kappa shape index (κ2) is 10.3. The van der Waals surface area contributed by atoms with Crippen LogP contribution in [0.1, 0.15) is 53.5 Å². The summed E-state index contributed by atoms with van der Waals surface area (Å²) in [4.78, 5) is 29.3. The maximum atomic E-state index is 14.2. The van der Waals surface area contributed by atoms with Crippen molar-refractivity contribution in [2.24, 2.45) is 0 Å². The number of hydrogen-bond donors (Lipinski definition) is 0. The largest absolute Gasteiger partial charge is 0.493 e. The number of benzene rings is 3. The first-order valence-electron chi connectivity index (χ1n) is 13.3. The molecular weight excluding hydrogens is 490 g/mol. The van der Waals surface area contributed by atoms with Gasteiger partial charge in [-0.2, -0.15) is 0 Å². The van der Waals surface area contributed by atoms with Gasteiger partial charge in [0.1, 0.15) is 24.6 Å². The number of nitrogens with zero attached hydrogens (tertiary/aromatic N) is 3. The normalized spacial score (nSPS) is 18.4. The molecule has 0 saturated carbocycles. The van der Waals surface area contributed by atoms with Crippen LogP contribution in [-0.4, -0.2) is 34.3 Å². The molecule has 7 heteroatoms. The molecule has 0 aliphatic carbocycles. The molecule has 1 aromatic heterocycles. The van der Waals surface area contributed by atoms with E-state index in [0.29, 0.717) is 13.0 Å². The topological polar surface area (TPSA) is 64.0 Å². The van der Waals surface area contributed by atoms with E-state index in [4.69, 9.17) is 9.47 Å². The molecule has 2 aliphatic heterocycles. The minimum atomic E-state index is -0.320. The van der Waals surface area contributed by atoms with Crippen LogP contribution in [-0.2, 0) is 6.61 Å². The van der Waals surface area contributed by atoms with Crippen LogP contribution < -0.4 is 19.9 Å². The second-order valence-corrected chi connectivity index (χ2v) is 10.1. The molecule has 2 aliphatic rings. The van der Waals surface area contributed by atoms with E-state index >= 15 is 0 Å². The third kappa shape index (κ3) is 4.44. The maximum absolute atomic E-state index is 14.2. The standard InChI is InChI=1S/C32H31N3O4/c1-22(2)34-28-18-20-38-27-16-10-9-15-25(27)29(24-13-7-4-8-14-24)35(28)33-19-17-26(36)31(30(33)32(34)37)39-21-23-11-5-3-6-12-23/h3-17,19,22,28-29H,18,20-21H2,1-2H3/t28-,29+/m0/s1. The number of aromatic nitrogens is 1. The zero-order valence-electron chi connectivity index (χ0n) is 22.1. The van der Waals surface area contributed by atoms with Crippen molar-refractivity contribution in [1.82, 2.24) is 9.58 Å². The van der Waals surface area contributed by atoms with Crippen molar-refractivity contribution in [1.29, 1.82) is 0 Å². The maximum Gasteiger partial charge on any atom is 0.278 e. The Labute approximate surface area is 227 Å². The number of pyridine rings is 1. The minimum Gasteiger partial charge on any atom is -0.493 e. The molecule has 7 nitrogen and oxygen atoms in total. The second-order valence-electron chi connectivity index (χ2n) is 10.1. The molecule has 3 heterocycles. The Bertz CT molecular complexity index is 1530. The zero-order chi connectivity index (χ0) is 26.9. The minimum absolute atomic E-state index is 0.0638. The summed E-state index contributed by atoms with van der Waals surface area (Å²) in [6, 6.07) is 29.0. The average molecular weight is 522 g/mol. The van der Waals surface area contributed by atoms with Gasteiger partial charge in [-0.25, -0.2) is 0 Å². The van der Waals surface area contributed by atoms with E-state index in [-0.39, 0.29) is 47.6 Å². The van der Waals surface area contributed by atoms with Crippen molar-refractivity contribution in [3.8, 4) is 11.5 Å². The van der Waals surface area contributed by atoms with E-state index in [1.165, 1.54) is 6.07 Å². The summed E-state index contributed by atoms with van der Waals surface area (Å²) in [6.07, 6.45) is 1.98. The van der Waals surface area contributed by atoms with Gasteiger partial charge in [0.2, 0.25) is 5.43 Å². The van der Waals surface area contributed by atoms with Gasteiger partial charge in [0.15, 0.2) is 11.4 Å². The van der Waals surface area contributed by atoms with Crippen LogP contribution in [0.15, 0.2) is 102 Å². The highest BCUT2D eigenvalue weighted by Gasteiger charge is 2.45. The van der Waals surface area contributed by atoms with E-state index in [1.54, 1.807) is 6.20 Å². The van der Waals surface area contributed by atoms with E-state index in [1.807, 2.05) is 90.2 Å². The summed E-state index contributed by atoms with van der Waals surface area (Å²) < 4.78 is 14.2. The van der Waals surface area contributed by atoms with Crippen LogP contribution in [0.4, 0.5) is 0 Å². The molecule has 39 heavy (non-hydrogen) atoms. The Morgan fingerprint density at radius 3 is 2.33 bits per heavy atom. The highest BCUT2D eigenvalue weighted by Crippen LogP contribution is 2.41. The molecule has 0 spiro atoms. The number of ether oxygens (including phenoxy) is 2. The van der Waals surface area contributed by atoms with Crippen LogP contribution in [0, 0.1) is 0 Å². The van der Waals surface area contributed by atoms with Gasteiger partial charge in [-0.3, -0.25) is 19.3 Å². The van der Waals surface area contributed by atoms with Crippen molar-refractivity contribution in [2.75, 3.05) is 11.6 Å². The molecule has 0 unspecified atom stereocenters. The summed E-state index contributed by atoms with van der Waals surface area (Å²) in [7, 11) is 0. The molecule has 0 radical (unpaired) electrons. The molecule has 0 bridgehead atoms. The van der Waals surface area contributed by atoms with Crippen molar-refractivity contribution >= 4 is 5.91 Å². The summed E-state index contributed by atoms with van der Waals surface area (Å²) in [5, 5.41) is 2.21. The van der Waals surface area contributed by atoms with Crippen molar-refractivity contribution < 1.29 is 14.3 Å². The van der Waals surface area contributed by atoms with Gasteiger partial charge in [-0.1, -0.05) is 78.9 Å². The fourth-order valence-corrected chi connectivity index (χ4v) is 5.66. The Kier molecular flexibility index (Phi) is 6.57. The highest BCUT2D eigenvalue weighted by atomic mass is 16.5. The Balaban J connectivity index is 1.58. The van der Waals surface area contributed by atoms with E-state index in [0.717, 1.165) is 22.4 Å². The number of carbonyl (C=O) groups excluding carboxylic acids is 1. The van der Waals surface area contributed by atoms with Gasteiger partial charge in [-0.05, 0) is 31.0 Å². The lowest BCUT2D eigenvalue weighted by Gasteiger charge is -2.52. The molecule has 4 aromatic rings. The van der Waals surface area contributed by atoms with Crippen LogP contribution in [0.25, 0.3) is 0 Å². The van der Waals surface area contributed by atoms with Gasteiger partial charge in [0.05, 0.1) is 6.61 Å². The Morgan fingerprint density at radius 1 is 0.897 bits per heavy atom. The Hall–Kier alpha value is -4.52. The molecule has 0 saturated heterocycles. The number of amides is 1. The quantitative estimate of drug-likeness (QED) is 0.365. The molecular formula is C32H31N3O4. The highest BCUT2D eigenvalue weighted by molar-refractivity contribution is 5.97. The first kappa shape index (κ1) is 24.8. The van der Waals surface area contributed by atoms with Crippen LogP contribution in [0.3, 0.4) is 0 Å². The molecule has 3 aromatic carbocycles. The number of fused-ring (bicyclic) bond motifs is 4. The van der Waals surface area contributed by atoms with E-state index < -0.39 is 0 Å². The van der Waals surface area contributed by atoms with Gasteiger partial charge in [0.25, 0.3) is 5.91 Å². The van der Waals surface area contributed by atoms with Gasteiger partial charge >= 0.3 is 0 Å². The van der Waals surface area contributed by atoms with Crippen LogP contribution >= 0.6 is 0 Å². The molecule has 1 amide bonds. The molecule has 6 rings (SSSR count). The first-order valence-corrected chi connectivity index (χ1v) is 13.3. The number of rotatable bonds is 5. The molecule has 0 fully saturated rings. The number of hydrogen-bond acceptors (Lipinski definition) is 5. The third-order valence-electron chi connectivity index (χ3n) is 7.36. The smallest absolute Gasteiger partial charge is 0.278 e. The van der Waals surface area contributed by atoms with Crippen molar-refractivity contribution in [3.63, 3.8) is 0 Å². The summed E-state index contributed by atoms with van der Waals surface area (Å²) in [6.45, 7) is 4.64. The predicted molar refractivity (Wildman–Crippen MR) is 150 cm³/mol. The van der Waals surface area contributed by atoms with Crippen molar-refractivity contribution in [2.45, 2.75) is 45.1 Å². The Morgan fingerprint density at radius 2 is 1.59 bits per heavy atom. The van der Waals surface area contributed by atoms with Gasteiger partial charge < -0.3 is 14.4 Å².